The van der Waals surface area contributed by atoms with Crippen LogP contribution >= 0.6 is 0 Å². The Labute approximate surface area is 328 Å². The first kappa shape index (κ1) is 40.7. The van der Waals surface area contributed by atoms with Crippen molar-refractivity contribution in [2.75, 3.05) is 52.5 Å². The number of fused-ring (bicyclic) bond motifs is 1. The predicted octanol–water partition coefficient (Wildman–Crippen LogP) is 3.88. The summed E-state index contributed by atoms with van der Waals surface area (Å²) in [6.07, 6.45) is 9.27. The number of carbonyl (C=O) groups is 6. The molecule has 2 N–H and O–H groups in total. The third kappa shape index (κ3) is 10.5. The number of piperazine rings is 1. The second kappa shape index (κ2) is 19.3. The molecule has 0 bridgehead atoms. The van der Waals surface area contributed by atoms with Gasteiger partial charge in [0, 0.05) is 56.6 Å². The van der Waals surface area contributed by atoms with E-state index in [1.807, 2.05) is 19.1 Å². The van der Waals surface area contributed by atoms with Crippen molar-refractivity contribution in [1.82, 2.24) is 30.3 Å². The van der Waals surface area contributed by atoms with E-state index in [2.05, 4.69) is 15.6 Å². The number of carbonyl (C=O) groups excluding carboxylic acids is 6. The number of rotatable bonds is 14. The number of hydrogen-bond acceptors (Lipinski definition) is 10. The first-order chi connectivity index (χ1) is 27.1. The predicted molar refractivity (Wildman–Crippen MR) is 206 cm³/mol. The maximum absolute atomic E-state index is 14.0. The standard InChI is InChI=1S/C41H56N6O9/c1-3-54-41(53)46-21-19-45(20-22-46)40(52)31(16-17-37(49)56-25-28-9-5-4-6-10-28)44-38(50)33-24-35(30-15-14-27(2)23-32(30)43-33)55-26-36(48)47-18-8-13-34(47)39(51)42-29-11-7-12-29/h14-15,23-24,28-29,31,34H,3-13,16-22,25-26H2,1-2H3,(H,42,51)(H,44,50). The van der Waals surface area contributed by atoms with Gasteiger partial charge in [-0.15, -0.1) is 0 Å². The number of aromatic nitrogens is 1. The number of hydrogen-bond donors (Lipinski definition) is 2. The van der Waals surface area contributed by atoms with Crippen molar-refractivity contribution in [3.63, 3.8) is 0 Å². The first-order valence-corrected chi connectivity index (χ1v) is 20.4. The Morgan fingerprint density at radius 1 is 0.857 bits per heavy atom. The molecule has 15 heteroatoms. The molecule has 6 rings (SSSR count). The Hall–Kier alpha value is -4.95. The molecule has 0 spiro atoms. The highest BCUT2D eigenvalue weighted by molar-refractivity contribution is 5.99. The Bertz CT molecular complexity index is 1750. The summed E-state index contributed by atoms with van der Waals surface area (Å²) in [6.45, 7) is 5.32. The molecule has 304 valence electrons. The van der Waals surface area contributed by atoms with Crippen LogP contribution in [0.25, 0.3) is 10.9 Å². The molecule has 56 heavy (non-hydrogen) atoms. The number of amides is 5. The van der Waals surface area contributed by atoms with Crippen LogP contribution in [0.3, 0.4) is 0 Å². The topological polar surface area (TPSA) is 177 Å². The van der Waals surface area contributed by atoms with Gasteiger partial charge in [-0.25, -0.2) is 9.78 Å². The molecule has 0 radical (unpaired) electrons. The minimum absolute atomic E-state index is 0.00202. The van der Waals surface area contributed by atoms with Crippen LogP contribution in [-0.4, -0.2) is 126 Å². The maximum atomic E-state index is 14.0. The number of esters is 1. The molecule has 2 aliphatic carbocycles. The molecule has 1 aromatic carbocycles. The number of nitrogens with zero attached hydrogens (tertiary/aromatic N) is 4. The summed E-state index contributed by atoms with van der Waals surface area (Å²) >= 11 is 0. The molecule has 1 aromatic heterocycles. The zero-order chi connectivity index (χ0) is 39.6. The first-order valence-electron chi connectivity index (χ1n) is 20.4. The van der Waals surface area contributed by atoms with Crippen LogP contribution in [-0.2, 0) is 28.7 Å². The van der Waals surface area contributed by atoms with Gasteiger partial charge in [0.2, 0.25) is 11.8 Å². The normalized spacial score (nSPS) is 19.5. The van der Waals surface area contributed by atoms with Gasteiger partial charge in [0.25, 0.3) is 11.8 Å². The highest BCUT2D eigenvalue weighted by atomic mass is 16.6. The van der Waals surface area contributed by atoms with Crippen molar-refractivity contribution in [2.24, 2.45) is 5.92 Å². The van der Waals surface area contributed by atoms with E-state index in [4.69, 9.17) is 14.2 Å². The monoisotopic (exact) mass is 776 g/mol. The largest absolute Gasteiger partial charge is 0.483 e. The molecule has 2 saturated heterocycles. The van der Waals surface area contributed by atoms with E-state index < -0.39 is 30.1 Å². The summed E-state index contributed by atoms with van der Waals surface area (Å²) in [5.41, 5.74) is 1.32. The van der Waals surface area contributed by atoms with Crippen LogP contribution in [0.5, 0.6) is 5.75 Å². The lowest BCUT2D eigenvalue weighted by Gasteiger charge is -2.36. The smallest absolute Gasteiger partial charge is 0.409 e. The molecule has 2 saturated carbocycles. The Balaban J connectivity index is 1.15. The maximum Gasteiger partial charge on any atom is 0.409 e. The van der Waals surface area contributed by atoms with Gasteiger partial charge < -0.3 is 39.5 Å². The van der Waals surface area contributed by atoms with Crippen LogP contribution in [0, 0.1) is 12.8 Å². The SMILES string of the molecule is CCOC(=O)N1CCN(C(=O)C(CCC(=O)OCC2CCCCC2)NC(=O)c2cc(OCC(=O)N3CCCC3C(=O)NC3CCC3)c3ccc(C)cc3n2)CC1. The third-order valence-corrected chi connectivity index (χ3v) is 11.4. The highest BCUT2D eigenvalue weighted by Crippen LogP contribution is 2.28. The van der Waals surface area contributed by atoms with Gasteiger partial charge >= 0.3 is 12.1 Å². The van der Waals surface area contributed by atoms with Crippen molar-refractivity contribution in [3.05, 3.63) is 35.5 Å². The molecule has 2 atom stereocenters. The zero-order valence-electron chi connectivity index (χ0n) is 32.7. The molecule has 2 aromatic rings. The molecule has 4 fully saturated rings. The lowest BCUT2D eigenvalue weighted by Crippen LogP contribution is -2.56. The summed E-state index contributed by atoms with van der Waals surface area (Å²) in [7, 11) is 0. The van der Waals surface area contributed by atoms with Gasteiger partial charge in [-0.1, -0.05) is 25.3 Å². The van der Waals surface area contributed by atoms with Gasteiger partial charge in [0.15, 0.2) is 6.61 Å². The van der Waals surface area contributed by atoms with Crippen LogP contribution < -0.4 is 15.4 Å². The van der Waals surface area contributed by atoms with E-state index in [-0.39, 0.29) is 87.4 Å². The Morgan fingerprint density at radius 3 is 2.32 bits per heavy atom. The van der Waals surface area contributed by atoms with Crippen molar-refractivity contribution in [2.45, 2.75) is 109 Å². The molecular weight excluding hydrogens is 720 g/mol. The van der Waals surface area contributed by atoms with Crippen molar-refractivity contribution in [1.29, 1.82) is 0 Å². The average molecular weight is 777 g/mol. The number of nitrogens with one attached hydrogen (secondary N) is 2. The van der Waals surface area contributed by atoms with Crippen molar-refractivity contribution >= 4 is 46.6 Å². The fourth-order valence-corrected chi connectivity index (χ4v) is 7.89. The summed E-state index contributed by atoms with van der Waals surface area (Å²) in [5, 5.41) is 6.47. The number of aryl methyl sites for hydroxylation is 1. The molecule has 3 heterocycles. The van der Waals surface area contributed by atoms with Gasteiger partial charge in [0.1, 0.15) is 23.5 Å². The van der Waals surface area contributed by atoms with E-state index in [9.17, 15) is 28.8 Å². The van der Waals surface area contributed by atoms with Gasteiger partial charge in [-0.2, -0.15) is 0 Å². The molecular formula is C41H56N6O9. The highest BCUT2D eigenvalue weighted by Gasteiger charge is 2.36. The molecule has 15 nitrogen and oxygen atoms in total. The Kier molecular flexibility index (Phi) is 14.0. The number of pyridine rings is 1. The van der Waals surface area contributed by atoms with Crippen molar-refractivity contribution in [3.8, 4) is 5.75 Å². The van der Waals surface area contributed by atoms with E-state index >= 15 is 0 Å². The molecule has 4 aliphatic rings. The van der Waals surface area contributed by atoms with E-state index in [1.165, 1.54) is 17.4 Å². The second-order valence-corrected chi connectivity index (χ2v) is 15.5. The van der Waals surface area contributed by atoms with Gasteiger partial charge in [-0.3, -0.25) is 24.0 Å². The lowest BCUT2D eigenvalue weighted by atomic mass is 9.90. The average Bonchev–Trinajstić information content (AvgIpc) is 3.69. The minimum Gasteiger partial charge on any atom is -0.483 e. The third-order valence-electron chi connectivity index (χ3n) is 11.4. The Morgan fingerprint density at radius 2 is 1.61 bits per heavy atom. The summed E-state index contributed by atoms with van der Waals surface area (Å²) in [6, 6.07) is 5.48. The quantitative estimate of drug-likeness (QED) is 0.268. The van der Waals surface area contributed by atoms with Crippen LogP contribution in [0.2, 0.25) is 0 Å². The fraction of sp³-hybridized carbons (Fsp3) is 0.634. The second-order valence-electron chi connectivity index (χ2n) is 15.5. The lowest BCUT2D eigenvalue weighted by molar-refractivity contribution is -0.146. The summed E-state index contributed by atoms with van der Waals surface area (Å²) < 4.78 is 16.8. The molecule has 2 aliphatic heterocycles. The zero-order valence-corrected chi connectivity index (χ0v) is 32.7. The molecule has 5 amide bonds. The van der Waals surface area contributed by atoms with Gasteiger partial charge in [-0.05, 0) is 88.8 Å². The minimum atomic E-state index is -1.09. The fourth-order valence-electron chi connectivity index (χ4n) is 7.89. The van der Waals surface area contributed by atoms with Crippen LogP contribution in [0.15, 0.2) is 24.3 Å². The van der Waals surface area contributed by atoms with Crippen LogP contribution in [0.1, 0.15) is 100 Å². The number of ether oxygens (including phenoxy) is 3. The number of benzene rings is 1. The van der Waals surface area contributed by atoms with E-state index in [1.54, 1.807) is 22.8 Å². The summed E-state index contributed by atoms with van der Waals surface area (Å²) in [5.74, 6) is -1.35. The van der Waals surface area contributed by atoms with Gasteiger partial charge in [0.05, 0.1) is 18.7 Å². The van der Waals surface area contributed by atoms with E-state index in [0.717, 1.165) is 56.9 Å². The van der Waals surface area contributed by atoms with E-state index in [0.29, 0.717) is 36.4 Å². The summed E-state index contributed by atoms with van der Waals surface area (Å²) in [4.78, 5) is 88.9. The molecule has 2 unspecified atom stereocenters. The van der Waals surface area contributed by atoms with Crippen molar-refractivity contribution < 1.29 is 43.0 Å². The van der Waals surface area contributed by atoms with Crippen LogP contribution in [0.4, 0.5) is 4.79 Å². The number of likely N-dealkylation sites (tertiary alicyclic amines) is 1.